The Hall–Kier alpha value is -2.39. The van der Waals surface area contributed by atoms with Gasteiger partial charge in [0.2, 0.25) is 10.0 Å². The number of allylic oxidation sites excluding steroid dienone is 2. The second-order valence-corrected chi connectivity index (χ2v) is 9.10. The largest absolute Gasteiger partial charge is 0.243 e. The lowest BCUT2D eigenvalue weighted by molar-refractivity contribution is 0.471. The molecule has 0 spiro atoms. The molecule has 1 fully saturated rings. The van der Waals surface area contributed by atoms with Gasteiger partial charge in [0.25, 0.3) is 0 Å². The SMILES string of the molecule is N#CC1=C[C@@H]2CN(S(=O)(=O)c3ccccc3)CC2=C[C@H]1c1ccc(Cl)cc1. The summed E-state index contributed by atoms with van der Waals surface area (Å²) in [6, 6.07) is 18.2. The summed E-state index contributed by atoms with van der Waals surface area (Å²) < 4.78 is 27.3. The van der Waals surface area contributed by atoms with Crippen molar-refractivity contribution in [2.24, 2.45) is 5.92 Å². The van der Waals surface area contributed by atoms with Crippen molar-refractivity contribution in [2.45, 2.75) is 10.8 Å². The number of sulfonamides is 1. The summed E-state index contributed by atoms with van der Waals surface area (Å²) in [4.78, 5) is 0.294. The number of nitrogens with zero attached hydrogens (tertiary/aromatic N) is 2. The zero-order valence-corrected chi connectivity index (χ0v) is 16.0. The Morgan fingerprint density at radius 1 is 1.04 bits per heavy atom. The molecule has 6 heteroatoms. The fourth-order valence-electron chi connectivity index (χ4n) is 3.66. The highest BCUT2D eigenvalue weighted by Crippen LogP contribution is 2.39. The Labute approximate surface area is 164 Å². The molecular weight excluding hydrogens is 380 g/mol. The molecule has 1 aliphatic heterocycles. The lowest BCUT2D eigenvalue weighted by Gasteiger charge is -2.21. The van der Waals surface area contributed by atoms with E-state index in [0.29, 0.717) is 28.6 Å². The number of fused-ring (bicyclic) bond motifs is 1. The molecular formula is C21H17ClN2O2S. The predicted molar refractivity (Wildman–Crippen MR) is 105 cm³/mol. The third-order valence-corrected chi connectivity index (χ3v) is 7.15. The molecule has 2 aromatic carbocycles. The van der Waals surface area contributed by atoms with Gasteiger partial charge in [0, 0.05) is 35.5 Å². The molecule has 4 nitrogen and oxygen atoms in total. The van der Waals surface area contributed by atoms with Crippen LogP contribution < -0.4 is 0 Å². The molecule has 1 saturated heterocycles. The summed E-state index contributed by atoms with van der Waals surface area (Å²) in [5.74, 6) is -0.223. The number of hydrogen-bond acceptors (Lipinski definition) is 3. The minimum atomic E-state index is -3.55. The molecule has 1 aliphatic carbocycles. The molecule has 0 N–H and O–H groups in total. The van der Waals surface area contributed by atoms with Gasteiger partial charge in [-0.05, 0) is 35.4 Å². The second kappa shape index (κ2) is 6.97. The maximum atomic E-state index is 12.9. The lowest BCUT2D eigenvalue weighted by Crippen LogP contribution is -2.28. The maximum absolute atomic E-state index is 12.9. The molecule has 1 heterocycles. The van der Waals surface area contributed by atoms with Crippen molar-refractivity contribution in [1.29, 1.82) is 5.26 Å². The van der Waals surface area contributed by atoms with Crippen LogP contribution in [0.4, 0.5) is 0 Å². The quantitative estimate of drug-likeness (QED) is 0.732. The summed E-state index contributed by atoms with van der Waals surface area (Å²) >= 11 is 5.97. The van der Waals surface area contributed by atoms with Crippen LogP contribution in [0.5, 0.6) is 0 Å². The Kier molecular flexibility index (Phi) is 4.65. The van der Waals surface area contributed by atoms with E-state index in [1.807, 2.05) is 24.3 Å². The van der Waals surface area contributed by atoms with Crippen molar-refractivity contribution in [1.82, 2.24) is 4.31 Å². The normalized spacial score (nSPS) is 22.5. The highest BCUT2D eigenvalue weighted by atomic mass is 35.5. The summed E-state index contributed by atoms with van der Waals surface area (Å²) in [7, 11) is -3.55. The van der Waals surface area contributed by atoms with Crippen molar-refractivity contribution < 1.29 is 8.42 Å². The van der Waals surface area contributed by atoms with E-state index in [0.717, 1.165) is 11.1 Å². The average molecular weight is 397 g/mol. The zero-order valence-electron chi connectivity index (χ0n) is 14.4. The Morgan fingerprint density at radius 2 is 1.74 bits per heavy atom. The minimum Gasteiger partial charge on any atom is -0.207 e. The van der Waals surface area contributed by atoms with E-state index in [4.69, 9.17) is 11.6 Å². The Balaban J connectivity index is 1.66. The molecule has 2 aromatic rings. The first-order valence-electron chi connectivity index (χ1n) is 8.62. The predicted octanol–water partition coefficient (Wildman–Crippen LogP) is 4.13. The van der Waals surface area contributed by atoms with E-state index in [1.54, 1.807) is 42.5 Å². The van der Waals surface area contributed by atoms with Crippen molar-refractivity contribution in [3.8, 4) is 6.07 Å². The van der Waals surface area contributed by atoms with Gasteiger partial charge < -0.3 is 0 Å². The molecule has 0 amide bonds. The number of halogens is 1. The third-order valence-electron chi connectivity index (χ3n) is 5.07. The van der Waals surface area contributed by atoms with Gasteiger partial charge in [0.15, 0.2) is 0 Å². The van der Waals surface area contributed by atoms with Gasteiger partial charge >= 0.3 is 0 Å². The minimum absolute atomic E-state index is 0.0540. The molecule has 0 saturated carbocycles. The fraction of sp³-hybridized carbons (Fsp3) is 0.190. The first kappa shape index (κ1) is 18.0. The van der Waals surface area contributed by atoms with Crippen molar-refractivity contribution in [2.75, 3.05) is 13.1 Å². The van der Waals surface area contributed by atoms with Gasteiger partial charge in [0.05, 0.1) is 11.0 Å². The van der Waals surface area contributed by atoms with Gasteiger partial charge in [-0.3, -0.25) is 0 Å². The van der Waals surface area contributed by atoms with E-state index >= 15 is 0 Å². The molecule has 0 bridgehead atoms. The first-order chi connectivity index (χ1) is 13.0. The number of nitriles is 1. The third kappa shape index (κ3) is 3.32. The highest BCUT2D eigenvalue weighted by Gasteiger charge is 2.37. The van der Waals surface area contributed by atoms with E-state index in [2.05, 4.69) is 6.07 Å². The average Bonchev–Trinajstić information content (AvgIpc) is 3.12. The van der Waals surface area contributed by atoms with Gasteiger partial charge in [-0.1, -0.05) is 54.1 Å². The van der Waals surface area contributed by atoms with Crippen LogP contribution >= 0.6 is 11.6 Å². The lowest BCUT2D eigenvalue weighted by atomic mass is 9.81. The van der Waals surface area contributed by atoms with Crippen LogP contribution in [-0.2, 0) is 10.0 Å². The van der Waals surface area contributed by atoms with Crippen LogP contribution in [0.3, 0.4) is 0 Å². The van der Waals surface area contributed by atoms with Crippen molar-refractivity contribution >= 4 is 21.6 Å². The molecule has 0 unspecified atom stereocenters. The van der Waals surface area contributed by atoms with E-state index < -0.39 is 10.0 Å². The molecule has 2 aliphatic rings. The van der Waals surface area contributed by atoms with Crippen LogP contribution in [0.15, 0.2) is 82.8 Å². The summed E-state index contributed by atoms with van der Waals surface area (Å²) in [6.07, 6.45) is 3.95. The summed E-state index contributed by atoms with van der Waals surface area (Å²) in [5, 5.41) is 10.2. The monoisotopic (exact) mass is 396 g/mol. The van der Waals surface area contributed by atoms with Gasteiger partial charge in [-0.15, -0.1) is 0 Å². The second-order valence-electron chi connectivity index (χ2n) is 6.72. The summed E-state index contributed by atoms with van der Waals surface area (Å²) in [6.45, 7) is 0.711. The van der Waals surface area contributed by atoms with E-state index in [-0.39, 0.29) is 11.8 Å². The number of hydrogen-bond donors (Lipinski definition) is 0. The molecule has 4 rings (SSSR count). The standard InChI is InChI=1S/C21H17ClN2O2S/c22-19-8-6-15(7-9-19)21-11-18-14-24(13-17(18)10-16(21)12-23)27(25,26)20-4-2-1-3-5-20/h1-11,17,21H,13-14H2/t17-,21+/m1/s1. The van der Waals surface area contributed by atoms with Crippen molar-refractivity contribution in [3.05, 3.63) is 88.5 Å². The van der Waals surface area contributed by atoms with Crippen LogP contribution in [-0.4, -0.2) is 25.8 Å². The number of benzene rings is 2. The molecule has 0 radical (unpaired) electrons. The Bertz CT molecular complexity index is 1070. The molecule has 0 aromatic heterocycles. The molecule has 27 heavy (non-hydrogen) atoms. The van der Waals surface area contributed by atoms with Crippen LogP contribution in [0.1, 0.15) is 11.5 Å². The fourth-order valence-corrected chi connectivity index (χ4v) is 5.26. The highest BCUT2D eigenvalue weighted by molar-refractivity contribution is 7.89. The molecule has 136 valence electrons. The smallest absolute Gasteiger partial charge is 0.207 e. The topological polar surface area (TPSA) is 61.2 Å². The van der Waals surface area contributed by atoms with Gasteiger partial charge in [-0.2, -0.15) is 9.57 Å². The summed E-state index contributed by atoms with van der Waals surface area (Å²) in [5.41, 5.74) is 2.65. The van der Waals surface area contributed by atoms with Crippen LogP contribution in [0, 0.1) is 17.2 Å². The van der Waals surface area contributed by atoms with Crippen LogP contribution in [0.25, 0.3) is 0 Å². The molecule has 2 atom stereocenters. The van der Waals surface area contributed by atoms with Gasteiger partial charge in [0.1, 0.15) is 0 Å². The first-order valence-corrected chi connectivity index (χ1v) is 10.4. The van der Waals surface area contributed by atoms with Crippen molar-refractivity contribution in [3.63, 3.8) is 0 Å². The van der Waals surface area contributed by atoms with E-state index in [1.165, 1.54) is 4.31 Å². The van der Waals surface area contributed by atoms with Gasteiger partial charge in [-0.25, -0.2) is 8.42 Å². The maximum Gasteiger partial charge on any atom is 0.243 e. The van der Waals surface area contributed by atoms with Crippen LogP contribution in [0.2, 0.25) is 5.02 Å². The zero-order chi connectivity index (χ0) is 19.0. The van der Waals surface area contributed by atoms with E-state index in [9.17, 15) is 13.7 Å². The number of rotatable bonds is 3. The Morgan fingerprint density at radius 3 is 2.41 bits per heavy atom.